The maximum atomic E-state index is 11.7. The second kappa shape index (κ2) is 7.25. The van der Waals surface area contributed by atoms with Crippen molar-refractivity contribution in [3.05, 3.63) is 22.4 Å². The summed E-state index contributed by atoms with van der Waals surface area (Å²) in [5.74, 6) is 0.124. The van der Waals surface area contributed by atoms with Crippen LogP contribution < -0.4 is 11.0 Å². The molecule has 1 saturated heterocycles. The molecule has 0 radical (unpaired) electrons. The van der Waals surface area contributed by atoms with Crippen LogP contribution in [0.2, 0.25) is 0 Å². The first-order valence-electron chi connectivity index (χ1n) is 7.08. The van der Waals surface area contributed by atoms with Crippen LogP contribution in [0.1, 0.15) is 29.8 Å². The summed E-state index contributed by atoms with van der Waals surface area (Å²) < 4.78 is 0. The Morgan fingerprint density at radius 2 is 2.40 bits per heavy atom. The van der Waals surface area contributed by atoms with E-state index >= 15 is 0 Å². The molecule has 2 rings (SSSR count). The molecule has 1 atom stereocenters. The molecule has 1 fully saturated rings. The first kappa shape index (κ1) is 14.8. The molecule has 1 aromatic rings. The van der Waals surface area contributed by atoms with Gasteiger partial charge in [-0.2, -0.15) is 0 Å². The number of rotatable bonds is 6. The van der Waals surface area contributed by atoms with Crippen LogP contribution in [-0.4, -0.2) is 58.7 Å². The van der Waals surface area contributed by atoms with E-state index in [2.05, 4.69) is 20.2 Å². The van der Waals surface area contributed by atoms with Gasteiger partial charge in [-0.15, -0.1) is 0 Å². The van der Waals surface area contributed by atoms with E-state index in [0.717, 1.165) is 38.9 Å². The first-order chi connectivity index (χ1) is 9.69. The standard InChI is InChI=1S/C13H22N4O3/c18-9-10-3-1-5-17(8-10)6-2-4-14-12(19)11-7-15-13(20)16-11/h7,10,18H,1-6,8-9H2,(H,14,19)(H2,15,16,20)/t10-/m1/s1. The predicted molar refractivity (Wildman–Crippen MR) is 74.6 cm³/mol. The topological polar surface area (TPSA) is 101 Å². The van der Waals surface area contributed by atoms with Crippen LogP contribution in [0, 0.1) is 5.92 Å². The van der Waals surface area contributed by atoms with Crippen LogP contribution in [0.15, 0.2) is 11.0 Å². The maximum absolute atomic E-state index is 11.7. The fourth-order valence-electron chi connectivity index (χ4n) is 2.56. The van der Waals surface area contributed by atoms with E-state index in [-0.39, 0.29) is 23.9 Å². The zero-order chi connectivity index (χ0) is 14.4. The minimum atomic E-state index is -0.376. The van der Waals surface area contributed by atoms with Gasteiger partial charge in [0.05, 0.1) is 0 Å². The van der Waals surface area contributed by atoms with E-state index < -0.39 is 0 Å². The van der Waals surface area contributed by atoms with Gasteiger partial charge >= 0.3 is 5.69 Å². The molecule has 0 saturated carbocycles. The molecule has 0 spiro atoms. The van der Waals surface area contributed by atoms with Crippen LogP contribution in [-0.2, 0) is 0 Å². The number of aliphatic hydroxyl groups excluding tert-OH is 1. The third kappa shape index (κ3) is 4.21. The van der Waals surface area contributed by atoms with Crippen molar-refractivity contribution in [1.29, 1.82) is 0 Å². The number of nitrogens with one attached hydrogen (secondary N) is 3. The van der Waals surface area contributed by atoms with Crippen molar-refractivity contribution in [1.82, 2.24) is 20.2 Å². The normalized spacial score (nSPS) is 19.9. The Morgan fingerprint density at radius 3 is 3.10 bits per heavy atom. The number of likely N-dealkylation sites (tertiary alicyclic amines) is 1. The Labute approximate surface area is 117 Å². The fraction of sp³-hybridized carbons (Fsp3) is 0.692. The zero-order valence-corrected chi connectivity index (χ0v) is 11.5. The van der Waals surface area contributed by atoms with Crippen molar-refractivity contribution in [2.75, 3.05) is 32.8 Å². The summed E-state index contributed by atoms with van der Waals surface area (Å²) in [5.41, 5.74) is -0.119. The monoisotopic (exact) mass is 282 g/mol. The number of aromatic nitrogens is 2. The number of piperidine rings is 1. The maximum Gasteiger partial charge on any atom is 0.323 e. The Bertz CT molecular complexity index is 482. The number of carbonyl (C=O) groups excluding carboxylic acids is 1. The smallest absolute Gasteiger partial charge is 0.323 e. The average molecular weight is 282 g/mol. The van der Waals surface area contributed by atoms with Gasteiger partial charge < -0.3 is 25.3 Å². The second-order valence-electron chi connectivity index (χ2n) is 5.26. The molecule has 0 bridgehead atoms. The molecule has 0 unspecified atom stereocenters. The van der Waals surface area contributed by atoms with Crippen molar-refractivity contribution in [2.24, 2.45) is 5.92 Å². The number of hydrogen-bond acceptors (Lipinski definition) is 4. The number of H-pyrrole nitrogens is 2. The van der Waals surface area contributed by atoms with Crippen LogP contribution in [0.25, 0.3) is 0 Å². The Balaban J connectivity index is 1.64. The lowest BCUT2D eigenvalue weighted by atomic mass is 9.99. The molecule has 2 heterocycles. The summed E-state index contributed by atoms with van der Waals surface area (Å²) in [5, 5.41) is 11.9. The van der Waals surface area contributed by atoms with Crippen LogP contribution in [0.3, 0.4) is 0 Å². The van der Waals surface area contributed by atoms with E-state index in [1.54, 1.807) is 0 Å². The summed E-state index contributed by atoms with van der Waals surface area (Å²) in [7, 11) is 0. The number of hydrogen-bond donors (Lipinski definition) is 4. The van der Waals surface area contributed by atoms with Gasteiger partial charge in [-0.3, -0.25) is 4.79 Å². The molecule has 4 N–H and O–H groups in total. The SMILES string of the molecule is O=C(NCCCN1CCC[C@@H](CO)C1)c1c[nH]c(=O)[nH]1. The summed E-state index contributed by atoms with van der Waals surface area (Å²) in [4.78, 5) is 29.7. The van der Waals surface area contributed by atoms with E-state index in [9.17, 15) is 9.59 Å². The molecule has 0 aromatic carbocycles. The largest absolute Gasteiger partial charge is 0.396 e. The van der Waals surface area contributed by atoms with Crippen molar-refractivity contribution >= 4 is 5.91 Å². The number of carbonyl (C=O) groups is 1. The number of amides is 1. The number of imidazole rings is 1. The Kier molecular flexibility index (Phi) is 5.37. The third-order valence-corrected chi connectivity index (χ3v) is 3.64. The van der Waals surface area contributed by atoms with Gasteiger partial charge in [-0.25, -0.2) is 4.79 Å². The van der Waals surface area contributed by atoms with Gasteiger partial charge in [-0.1, -0.05) is 0 Å². The molecule has 7 heteroatoms. The molecular formula is C13H22N4O3. The van der Waals surface area contributed by atoms with Crippen molar-refractivity contribution in [2.45, 2.75) is 19.3 Å². The summed E-state index contributed by atoms with van der Waals surface area (Å²) in [6.45, 7) is 3.76. The van der Waals surface area contributed by atoms with Crippen molar-refractivity contribution in [3.8, 4) is 0 Å². The van der Waals surface area contributed by atoms with Gasteiger partial charge in [0.25, 0.3) is 5.91 Å². The predicted octanol–water partition coefficient (Wildman–Crippen LogP) is -0.473. The highest BCUT2D eigenvalue weighted by atomic mass is 16.3. The van der Waals surface area contributed by atoms with Crippen molar-refractivity contribution < 1.29 is 9.90 Å². The van der Waals surface area contributed by atoms with Crippen LogP contribution >= 0.6 is 0 Å². The Morgan fingerprint density at radius 1 is 1.55 bits per heavy atom. The van der Waals surface area contributed by atoms with E-state index in [1.807, 2.05) is 0 Å². The van der Waals surface area contributed by atoms with Crippen LogP contribution in [0.4, 0.5) is 0 Å². The van der Waals surface area contributed by atoms with E-state index in [0.29, 0.717) is 12.5 Å². The number of aromatic amines is 2. The summed E-state index contributed by atoms with van der Waals surface area (Å²) >= 11 is 0. The molecule has 0 aliphatic carbocycles. The molecule has 7 nitrogen and oxygen atoms in total. The highest BCUT2D eigenvalue weighted by Gasteiger charge is 2.18. The Hall–Kier alpha value is -1.60. The molecule has 1 aromatic heterocycles. The lowest BCUT2D eigenvalue weighted by Gasteiger charge is -2.31. The van der Waals surface area contributed by atoms with Crippen LogP contribution in [0.5, 0.6) is 0 Å². The number of nitrogens with zero attached hydrogens (tertiary/aromatic N) is 1. The number of aliphatic hydroxyl groups is 1. The van der Waals surface area contributed by atoms with Gasteiger partial charge in [-0.05, 0) is 38.3 Å². The molecular weight excluding hydrogens is 260 g/mol. The van der Waals surface area contributed by atoms with Gasteiger partial charge in [0.2, 0.25) is 0 Å². The van der Waals surface area contributed by atoms with E-state index in [4.69, 9.17) is 5.11 Å². The minimum absolute atomic E-state index is 0.258. The third-order valence-electron chi connectivity index (χ3n) is 3.64. The molecule has 1 aliphatic rings. The molecule has 112 valence electrons. The lowest BCUT2D eigenvalue weighted by molar-refractivity contribution is 0.0942. The van der Waals surface area contributed by atoms with Crippen molar-refractivity contribution in [3.63, 3.8) is 0 Å². The molecule has 1 aliphatic heterocycles. The lowest BCUT2D eigenvalue weighted by Crippen LogP contribution is -2.38. The van der Waals surface area contributed by atoms with Gasteiger partial charge in [0.15, 0.2) is 0 Å². The minimum Gasteiger partial charge on any atom is -0.396 e. The zero-order valence-electron chi connectivity index (χ0n) is 11.5. The highest BCUT2D eigenvalue weighted by molar-refractivity contribution is 5.91. The average Bonchev–Trinajstić information content (AvgIpc) is 2.90. The quantitative estimate of drug-likeness (QED) is 0.530. The first-order valence-corrected chi connectivity index (χ1v) is 7.08. The highest BCUT2D eigenvalue weighted by Crippen LogP contribution is 2.15. The summed E-state index contributed by atoms with van der Waals surface area (Å²) in [6.07, 6.45) is 4.46. The van der Waals surface area contributed by atoms with Gasteiger partial charge in [0, 0.05) is 25.9 Å². The molecule has 1 amide bonds. The van der Waals surface area contributed by atoms with E-state index in [1.165, 1.54) is 6.20 Å². The summed E-state index contributed by atoms with van der Waals surface area (Å²) in [6, 6.07) is 0. The van der Waals surface area contributed by atoms with Gasteiger partial charge in [0.1, 0.15) is 5.69 Å². The fourth-order valence-corrected chi connectivity index (χ4v) is 2.56. The second-order valence-corrected chi connectivity index (χ2v) is 5.26. The molecule has 20 heavy (non-hydrogen) atoms.